The molecule has 2 heteroatoms. The van der Waals surface area contributed by atoms with Gasteiger partial charge in [0.15, 0.2) is 5.75 Å². The van der Waals surface area contributed by atoms with Gasteiger partial charge in [-0.2, -0.15) is 0 Å². The molecule has 8 aromatic rings. The Balaban J connectivity index is 1.24. The fraction of sp³-hybridized carbons (Fsp3) is 0.0769. The van der Waals surface area contributed by atoms with E-state index in [4.69, 9.17) is 4.74 Å². The molecule has 0 N–H and O–H groups in total. The monoisotopic (exact) mass is 693 g/mol. The van der Waals surface area contributed by atoms with Crippen LogP contribution in [-0.2, 0) is 10.8 Å². The largest absolute Gasteiger partial charge is 0.454 e. The molecule has 258 valence electrons. The van der Waals surface area contributed by atoms with Crippen LogP contribution in [0.25, 0.3) is 22.3 Å². The summed E-state index contributed by atoms with van der Waals surface area (Å²) in [6.45, 7) is 4.69. The van der Waals surface area contributed by atoms with Crippen molar-refractivity contribution in [1.82, 2.24) is 0 Å². The van der Waals surface area contributed by atoms with E-state index in [-0.39, 0.29) is 5.41 Å². The van der Waals surface area contributed by atoms with Crippen molar-refractivity contribution in [3.8, 4) is 33.8 Å². The van der Waals surface area contributed by atoms with Gasteiger partial charge in [-0.25, -0.2) is 0 Å². The van der Waals surface area contributed by atoms with Crippen molar-refractivity contribution >= 4 is 17.1 Å². The summed E-state index contributed by atoms with van der Waals surface area (Å²) in [5, 5.41) is 0. The van der Waals surface area contributed by atoms with Crippen LogP contribution in [0.2, 0.25) is 0 Å². The van der Waals surface area contributed by atoms with Crippen LogP contribution in [0.3, 0.4) is 0 Å². The van der Waals surface area contributed by atoms with Crippen LogP contribution in [0.15, 0.2) is 200 Å². The maximum Gasteiger partial charge on any atom is 0.156 e. The molecule has 0 amide bonds. The molecule has 0 fully saturated rings. The minimum absolute atomic E-state index is 0.147. The SMILES string of the molecule is CC1(C)c2ccccc2-c2ccc(N(c3ccc(-c4ccccc4)cc3)c3cccc4c3Oc3ccccc3C4(c3ccccc3)c3ccccc3)cc21. The van der Waals surface area contributed by atoms with Crippen molar-refractivity contribution in [2.45, 2.75) is 24.7 Å². The first-order valence-electron chi connectivity index (χ1n) is 18.8. The minimum Gasteiger partial charge on any atom is -0.454 e. The molecule has 0 bridgehead atoms. The third-order valence-corrected chi connectivity index (χ3v) is 11.6. The average molecular weight is 694 g/mol. The van der Waals surface area contributed by atoms with Gasteiger partial charge < -0.3 is 9.64 Å². The van der Waals surface area contributed by atoms with Crippen LogP contribution in [0.4, 0.5) is 17.1 Å². The van der Waals surface area contributed by atoms with Crippen molar-refractivity contribution in [3.63, 3.8) is 0 Å². The predicted molar refractivity (Wildman–Crippen MR) is 223 cm³/mol. The Morgan fingerprint density at radius 3 is 1.65 bits per heavy atom. The van der Waals surface area contributed by atoms with E-state index in [0.29, 0.717) is 0 Å². The zero-order valence-electron chi connectivity index (χ0n) is 30.4. The van der Waals surface area contributed by atoms with E-state index < -0.39 is 5.41 Å². The van der Waals surface area contributed by atoms with E-state index in [9.17, 15) is 0 Å². The number of benzene rings is 8. The quantitative estimate of drug-likeness (QED) is 0.172. The topological polar surface area (TPSA) is 12.5 Å². The second-order valence-corrected chi connectivity index (χ2v) is 14.9. The lowest BCUT2D eigenvalue weighted by Crippen LogP contribution is -2.34. The van der Waals surface area contributed by atoms with Crippen LogP contribution in [0.1, 0.15) is 47.2 Å². The summed E-state index contributed by atoms with van der Waals surface area (Å²) in [5.74, 6) is 1.70. The molecule has 10 rings (SSSR count). The van der Waals surface area contributed by atoms with E-state index >= 15 is 0 Å². The maximum atomic E-state index is 7.17. The number of rotatable bonds is 6. The van der Waals surface area contributed by atoms with Gasteiger partial charge in [-0.05, 0) is 80.9 Å². The van der Waals surface area contributed by atoms with E-state index in [0.717, 1.165) is 39.7 Å². The van der Waals surface area contributed by atoms with Gasteiger partial charge in [-0.1, -0.05) is 178 Å². The zero-order chi connectivity index (χ0) is 36.3. The third kappa shape index (κ3) is 4.80. The average Bonchev–Trinajstić information content (AvgIpc) is 3.47. The van der Waals surface area contributed by atoms with Gasteiger partial charge in [0.2, 0.25) is 0 Å². The fourth-order valence-corrected chi connectivity index (χ4v) is 9.08. The molecule has 0 radical (unpaired) electrons. The van der Waals surface area contributed by atoms with Gasteiger partial charge in [-0.3, -0.25) is 0 Å². The lowest BCUT2D eigenvalue weighted by Gasteiger charge is -2.43. The molecule has 54 heavy (non-hydrogen) atoms. The second kappa shape index (κ2) is 12.5. The van der Waals surface area contributed by atoms with Gasteiger partial charge in [-0.15, -0.1) is 0 Å². The summed E-state index contributed by atoms with van der Waals surface area (Å²) >= 11 is 0. The van der Waals surface area contributed by atoms with Crippen LogP contribution < -0.4 is 9.64 Å². The van der Waals surface area contributed by atoms with E-state index in [1.165, 1.54) is 44.5 Å². The van der Waals surface area contributed by atoms with Crippen molar-refractivity contribution in [2.24, 2.45) is 0 Å². The first-order chi connectivity index (χ1) is 26.5. The second-order valence-electron chi connectivity index (χ2n) is 14.9. The number of ether oxygens (including phenoxy) is 1. The summed E-state index contributed by atoms with van der Waals surface area (Å²) < 4.78 is 7.17. The summed E-state index contributed by atoms with van der Waals surface area (Å²) in [5.41, 5.74) is 14.7. The standard InChI is InChI=1S/C52H39NO/c1-51(2)44-24-13-12-23-42(44)43-34-33-41(35-47(43)51)53(40-31-29-37(30-32-40)36-17-6-3-7-18-36)48-27-16-26-46-50(48)54-49-28-15-14-25-45(49)52(46,38-19-8-4-9-20-38)39-21-10-5-11-22-39/h3-35H,1-2H3. The summed E-state index contributed by atoms with van der Waals surface area (Å²) in [6.07, 6.45) is 0. The van der Waals surface area contributed by atoms with Crippen LogP contribution >= 0.6 is 0 Å². The highest BCUT2D eigenvalue weighted by atomic mass is 16.5. The Morgan fingerprint density at radius 2 is 0.944 bits per heavy atom. The Hall–Kier alpha value is -6.64. The van der Waals surface area contributed by atoms with Crippen molar-refractivity contribution in [3.05, 3.63) is 234 Å². The summed E-state index contributed by atoms with van der Waals surface area (Å²) in [7, 11) is 0. The molecule has 1 aliphatic carbocycles. The Kier molecular flexibility index (Phi) is 7.42. The molecular formula is C52H39NO. The fourth-order valence-electron chi connectivity index (χ4n) is 9.08. The molecule has 8 aromatic carbocycles. The van der Waals surface area contributed by atoms with Crippen molar-refractivity contribution in [1.29, 1.82) is 0 Å². The number of anilines is 3. The molecule has 0 atom stereocenters. The minimum atomic E-state index is -0.618. The first kappa shape index (κ1) is 32.0. The highest BCUT2D eigenvalue weighted by molar-refractivity contribution is 5.89. The van der Waals surface area contributed by atoms with Gasteiger partial charge in [0.25, 0.3) is 0 Å². The smallest absolute Gasteiger partial charge is 0.156 e. The Labute approximate surface area is 317 Å². The summed E-state index contributed by atoms with van der Waals surface area (Å²) in [6, 6.07) is 72.4. The van der Waals surface area contributed by atoms with E-state index in [1.807, 2.05) is 0 Å². The normalized spacial score (nSPS) is 14.2. The molecule has 0 unspecified atom stereocenters. The van der Waals surface area contributed by atoms with E-state index in [1.54, 1.807) is 0 Å². The number of nitrogens with zero attached hydrogens (tertiary/aromatic N) is 1. The third-order valence-electron chi connectivity index (χ3n) is 11.6. The molecule has 2 nitrogen and oxygen atoms in total. The predicted octanol–water partition coefficient (Wildman–Crippen LogP) is 13.6. The molecule has 0 aromatic heterocycles. The van der Waals surface area contributed by atoms with Gasteiger partial charge in [0, 0.05) is 27.9 Å². The first-order valence-corrected chi connectivity index (χ1v) is 18.8. The molecule has 1 heterocycles. The Bertz CT molecular complexity index is 2600. The molecular weight excluding hydrogens is 655 g/mol. The highest BCUT2D eigenvalue weighted by Crippen LogP contribution is 2.59. The number of para-hydroxylation sites is 2. The lowest BCUT2D eigenvalue weighted by molar-refractivity contribution is 0.435. The molecule has 0 saturated heterocycles. The maximum absolute atomic E-state index is 7.17. The van der Waals surface area contributed by atoms with Crippen molar-refractivity contribution < 1.29 is 4.74 Å². The summed E-state index contributed by atoms with van der Waals surface area (Å²) in [4.78, 5) is 2.39. The number of fused-ring (bicyclic) bond motifs is 5. The van der Waals surface area contributed by atoms with Crippen LogP contribution in [0, 0.1) is 0 Å². The Morgan fingerprint density at radius 1 is 0.407 bits per heavy atom. The van der Waals surface area contributed by atoms with Gasteiger partial charge in [0.05, 0.1) is 11.1 Å². The molecule has 2 aliphatic rings. The molecule has 0 spiro atoms. The van der Waals surface area contributed by atoms with E-state index in [2.05, 4.69) is 219 Å². The van der Waals surface area contributed by atoms with Crippen LogP contribution in [-0.4, -0.2) is 0 Å². The van der Waals surface area contributed by atoms with Gasteiger partial charge >= 0.3 is 0 Å². The zero-order valence-corrected chi connectivity index (χ0v) is 30.4. The van der Waals surface area contributed by atoms with Crippen LogP contribution in [0.5, 0.6) is 11.5 Å². The lowest BCUT2D eigenvalue weighted by atomic mass is 9.63. The van der Waals surface area contributed by atoms with Crippen molar-refractivity contribution in [2.75, 3.05) is 4.90 Å². The molecule has 0 saturated carbocycles. The number of hydrogen-bond acceptors (Lipinski definition) is 2. The highest BCUT2D eigenvalue weighted by Gasteiger charge is 2.46. The molecule has 1 aliphatic heterocycles. The van der Waals surface area contributed by atoms with Gasteiger partial charge in [0.1, 0.15) is 5.75 Å². The number of hydrogen-bond donors (Lipinski definition) is 0.